The van der Waals surface area contributed by atoms with Crippen LogP contribution in [0.1, 0.15) is 36.7 Å². The van der Waals surface area contributed by atoms with Crippen LogP contribution >= 0.6 is 11.3 Å². The molecule has 0 saturated carbocycles. The Balaban J connectivity index is 2.14. The van der Waals surface area contributed by atoms with Crippen molar-refractivity contribution >= 4 is 22.8 Å². The molecule has 108 valence electrons. The number of thiazole rings is 1. The zero-order valence-electron chi connectivity index (χ0n) is 11.9. The Morgan fingerprint density at radius 3 is 2.80 bits per heavy atom. The highest BCUT2D eigenvalue weighted by atomic mass is 32.1. The van der Waals surface area contributed by atoms with Gasteiger partial charge >= 0.3 is 0 Å². The summed E-state index contributed by atoms with van der Waals surface area (Å²) < 4.78 is 5.36. The number of hydrogen-bond donors (Lipinski definition) is 2. The van der Waals surface area contributed by atoms with Crippen LogP contribution in [-0.4, -0.2) is 21.6 Å². The summed E-state index contributed by atoms with van der Waals surface area (Å²) in [5.41, 5.74) is 6.42. The number of aromatic nitrogens is 3. The van der Waals surface area contributed by atoms with Crippen LogP contribution in [0.25, 0.3) is 0 Å². The second-order valence-corrected chi connectivity index (χ2v) is 5.41. The van der Waals surface area contributed by atoms with Crippen LogP contribution in [0.15, 0.2) is 12.5 Å². The van der Waals surface area contributed by atoms with E-state index in [-0.39, 0.29) is 6.04 Å². The van der Waals surface area contributed by atoms with E-state index in [2.05, 4.69) is 27.2 Å². The van der Waals surface area contributed by atoms with Gasteiger partial charge in [0, 0.05) is 11.1 Å². The summed E-state index contributed by atoms with van der Waals surface area (Å²) in [5, 5.41) is 4.27. The molecule has 0 aliphatic carbocycles. The fourth-order valence-corrected chi connectivity index (χ4v) is 2.56. The molecule has 0 radical (unpaired) electrons. The minimum Gasteiger partial charge on any atom is -0.476 e. The van der Waals surface area contributed by atoms with Crippen LogP contribution in [0.4, 0.5) is 11.5 Å². The lowest BCUT2D eigenvalue weighted by Gasteiger charge is -2.14. The van der Waals surface area contributed by atoms with E-state index in [0.717, 1.165) is 11.4 Å². The van der Waals surface area contributed by atoms with E-state index in [0.29, 0.717) is 24.0 Å². The number of nitrogens with one attached hydrogen (secondary N) is 1. The van der Waals surface area contributed by atoms with E-state index >= 15 is 0 Å². The molecule has 0 fully saturated rings. The van der Waals surface area contributed by atoms with Gasteiger partial charge in [-0.25, -0.2) is 9.97 Å². The Labute approximate surface area is 122 Å². The largest absolute Gasteiger partial charge is 0.476 e. The van der Waals surface area contributed by atoms with Crippen molar-refractivity contribution in [3.05, 3.63) is 22.4 Å². The van der Waals surface area contributed by atoms with Crippen molar-refractivity contribution in [1.29, 1.82) is 0 Å². The molecule has 0 amide bonds. The molecule has 6 nitrogen and oxygen atoms in total. The average Bonchev–Trinajstić information content (AvgIpc) is 2.92. The lowest BCUT2D eigenvalue weighted by atomic mass is 10.3. The van der Waals surface area contributed by atoms with Gasteiger partial charge < -0.3 is 15.8 Å². The molecule has 2 aromatic heterocycles. The maximum atomic E-state index is 6.00. The third kappa shape index (κ3) is 3.16. The van der Waals surface area contributed by atoms with Crippen LogP contribution < -0.4 is 15.8 Å². The maximum Gasteiger partial charge on any atom is 0.242 e. The van der Waals surface area contributed by atoms with Gasteiger partial charge in [0.2, 0.25) is 5.88 Å². The monoisotopic (exact) mass is 293 g/mol. The number of nitrogen functional groups attached to an aromatic ring is 1. The second kappa shape index (κ2) is 6.51. The minimum atomic E-state index is 0.0342. The second-order valence-electron chi connectivity index (χ2n) is 4.26. The van der Waals surface area contributed by atoms with Crippen molar-refractivity contribution < 1.29 is 4.74 Å². The van der Waals surface area contributed by atoms with E-state index in [9.17, 15) is 0 Å². The van der Waals surface area contributed by atoms with Crippen molar-refractivity contribution in [2.24, 2.45) is 0 Å². The lowest BCUT2D eigenvalue weighted by Crippen LogP contribution is -2.11. The standard InChI is InChI=1S/C13H19N5OS/c1-4-9-6-15-13(20-9)8(3)18-11-10(14)12(19-5-2)17-7-16-11/h6-8H,4-5,14H2,1-3H3,(H,16,17,18). The molecule has 0 aromatic carbocycles. The molecule has 2 rings (SSSR count). The van der Waals surface area contributed by atoms with Crippen molar-refractivity contribution in [2.45, 2.75) is 33.2 Å². The Bertz CT molecular complexity index is 572. The Morgan fingerprint density at radius 2 is 2.15 bits per heavy atom. The van der Waals surface area contributed by atoms with Crippen LogP contribution in [-0.2, 0) is 6.42 Å². The minimum absolute atomic E-state index is 0.0342. The van der Waals surface area contributed by atoms with Gasteiger partial charge in [-0.2, -0.15) is 4.98 Å². The summed E-state index contributed by atoms with van der Waals surface area (Å²) in [6.45, 7) is 6.55. The molecule has 0 bridgehead atoms. The number of nitrogens with zero attached hydrogens (tertiary/aromatic N) is 3. The number of anilines is 2. The van der Waals surface area contributed by atoms with Crippen molar-refractivity contribution in [1.82, 2.24) is 15.0 Å². The smallest absolute Gasteiger partial charge is 0.242 e. The molecule has 7 heteroatoms. The molecule has 2 aromatic rings. The van der Waals surface area contributed by atoms with Crippen molar-refractivity contribution in [3.8, 4) is 5.88 Å². The van der Waals surface area contributed by atoms with E-state index in [4.69, 9.17) is 10.5 Å². The van der Waals surface area contributed by atoms with Gasteiger partial charge in [-0.05, 0) is 20.3 Å². The topological polar surface area (TPSA) is 86.0 Å². The summed E-state index contributed by atoms with van der Waals surface area (Å²) in [4.78, 5) is 13.9. The van der Waals surface area contributed by atoms with E-state index in [1.165, 1.54) is 11.2 Å². The van der Waals surface area contributed by atoms with Gasteiger partial charge in [-0.1, -0.05) is 6.92 Å². The predicted molar refractivity (Wildman–Crippen MR) is 81.1 cm³/mol. The first kappa shape index (κ1) is 14.5. The third-order valence-corrected chi connectivity index (χ3v) is 4.10. The summed E-state index contributed by atoms with van der Waals surface area (Å²) in [7, 11) is 0. The number of rotatable bonds is 6. The number of ether oxygens (including phenoxy) is 1. The van der Waals surface area contributed by atoms with Gasteiger partial charge in [0.05, 0.1) is 12.6 Å². The molecule has 1 atom stereocenters. The molecule has 1 unspecified atom stereocenters. The highest BCUT2D eigenvalue weighted by Gasteiger charge is 2.14. The molecule has 0 spiro atoms. The van der Waals surface area contributed by atoms with Crippen LogP contribution in [0.3, 0.4) is 0 Å². The quantitative estimate of drug-likeness (QED) is 0.851. The zero-order chi connectivity index (χ0) is 14.5. The Kier molecular flexibility index (Phi) is 4.73. The fraction of sp³-hybridized carbons (Fsp3) is 0.462. The molecule has 0 saturated heterocycles. The van der Waals surface area contributed by atoms with Crippen molar-refractivity contribution in [2.75, 3.05) is 17.7 Å². The molecule has 0 aliphatic heterocycles. The number of hydrogen-bond acceptors (Lipinski definition) is 7. The number of nitrogens with two attached hydrogens (primary N) is 1. The SMILES string of the molecule is CCOc1ncnc(NC(C)c2ncc(CC)s2)c1N. The van der Waals surface area contributed by atoms with Crippen molar-refractivity contribution in [3.63, 3.8) is 0 Å². The molecular formula is C13H19N5OS. The first-order chi connectivity index (χ1) is 9.65. The fourth-order valence-electron chi connectivity index (χ4n) is 1.70. The van der Waals surface area contributed by atoms with Gasteiger partial charge in [-0.3, -0.25) is 0 Å². The summed E-state index contributed by atoms with van der Waals surface area (Å²) >= 11 is 1.69. The average molecular weight is 293 g/mol. The summed E-state index contributed by atoms with van der Waals surface area (Å²) in [6, 6.07) is 0.0342. The van der Waals surface area contributed by atoms with Gasteiger partial charge in [0.1, 0.15) is 17.0 Å². The van der Waals surface area contributed by atoms with Gasteiger partial charge in [0.25, 0.3) is 0 Å². The van der Waals surface area contributed by atoms with Gasteiger partial charge in [-0.15, -0.1) is 11.3 Å². The normalized spacial score (nSPS) is 12.2. The number of aryl methyl sites for hydroxylation is 1. The zero-order valence-corrected chi connectivity index (χ0v) is 12.7. The van der Waals surface area contributed by atoms with E-state index < -0.39 is 0 Å². The van der Waals surface area contributed by atoms with Crippen LogP contribution in [0.2, 0.25) is 0 Å². The molecule has 20 heavy (non-hydrogen) atoms. The Morgan fingerprint density at radius 1 is 1.35 bits per heavy atom. The Hall–Kier alpha value is -1.89. The van der Waals surface area contributed by atoms with Crippen LogP contribution in [0.5, 0.6) is 5.88 Å². The van der Waals surface area contributed by atoms with Gasteiger partial charge in [0.15, 0.2) is 5.82 Å². The molecule has 3 N–H and O–H groups in total. The summed E-state index contributed by atoms with van der Waals surface area (Å²) in [5.74, 6) is 0.981. The highest BCUT2D eigenvalue weighted by Crippen LogP contribution is 2.29. The van der Waals surface area contributed by atoms with E-state index in [1.54, 1.807) is 11.3 Å². The molecule has 0 aliphatic rings. The maximum absolute atomic E-state index is 6.00. The highest BCUT2D eigenvalue weighted by molar-refractivity contribution is 7.11. The van der Waals surface area contributed by atoms with E-state index in [1.807, 2.05) is 20.0 Å². The first-order valence-corrected chi connectivity index (χ1v) is 7.41. The summed E-state index contributed by atoms with van der Waals surface area (Å²) in [6.07, 6.45) is 4.34. The lowest BCUT2D eigenvalue weighted by molar-refractivity contribution is 0.328. The third-order valence-electron chi connectivity index (χ3n) is 2.77. The predicted octanol–water partition coefficient (Wildman–Crippen LogP) is 2.65. The van der Waals surface area contributed by atoms with Crippen LogP contribution in [0, 0.1) is 0 Å². The first-order valence-electron chi connectivity index (χ1n) is 6.60. The molecular weight excluding hydrogens is 274 g/mol. The molecule has 2 heterocycles.